The molecule has 0 atom stereocenters. The number of benzene rings is 2. The summed E-state index contributed by atoms with van der Waals surface area (Å²) in [7, 11) is 1.82. The molecule has 92 valence electrons. The summed E-state index contributed by atoms with van der Waals surface area (Å²) in [5.74, 6) is 0. The lowest BCUT2D eigenvalue weighted by Gasteiger charge is -2.21. The highest BCUT2D eigenvalue weighted by Gasteiger charge is 2.13. The Morgan fingerprint density at radius 3 is 1.72 bits per heavy atom. The van der Waals surface area contributed by atoms with Gasteiger partial charge in [0, 0.05) is 7.05 Å². The average molecular weight is 256 g/mol. The highest BCUT2D eigenvalue weighted by Crippen LogP contribution is 2.21. The summed E-state index contributed by atoms with van der Waals surface area (Å²) in [5.41, 5.74) is 2.39. The van der Waals surface area contributed by atoms with Gasteiger partial charge in [-0.3, -0.25) is 0 Å². The molecule has 2 N–H and O–H groups in total. The molecule has 2 rings (SSSR count). The van der Waals surface area contributed by atoms with E-state index >= 15 is 0 Å². The molecule has 0 unspecified atom stereocenters. The minimum absolute atomic E-state index is 0.0762. The molecule has 0 radical (unpaired) electrons. The molecule has 0 aromatic heterocycles. The van der Waals surface area contributed by atoms with Crippen LogP contribution in [0.4, 0.5) is 0 Å². The van der Waals surface area contributed by atoms with Gasteiger partial charge >= 0.3 is 0 Å². The quantitative estimate of drug-likeness (QED) is 0.826. The first-order valence-electron chi connectivity index (χ1n) is 5.89. The topological polar surface area (TPSA) is 24.1 Å². The fourth-order valence-corrected chi connectivity index (χ4v) is 1.97. The van der Waals surface area contributed by atoms with Crippen LogP contribution in [0, 0.1) is 0 Å². The summed E-state index contributed by atoms with van der Waals surface area (Å²) in [4.78, 5) is 0. The fourth-order valence-electron chi connectivity index (χ4n) is 1.85. The van der Waals surface area contributed by atoms with Gasteiger partial charge in [0.1, 0.15) is 0 Å². The minimum atomic E-state index is 0.0762. The average Bonchev–Trinajstić information content (AvgIpc) is 2.46. The van der Waals surface area contributed by atoms with Gasteiger partial charge in [0.2, 0.25) is 0 Å². The summed E-state index contributed by atoms with van der Waals surface area (Å²) < 4.78 is 0. The van der Waals surface area contributed by atoms with E-state index in [0.717, 1.165) is 0 Å². The van der Waals surface area contributed by atoms with Gasteiger partial charge in [-0.25, -0.2) is 0 Å². The predicted octanol–water partition coefficient (Wildman–Crippen LogP) is 2.87. The van der Waals surface area contributed by atoms with E-state index in [1.165, 1.54) is 11.1 Å². The Morgan fingerprint density at radius 1 is 0.889 bits per heavy atom. The van der Waals surface area contributed by atoms with E-state index in [4.69, 9.17) is 12.2 Å². The number of hydrogen-bond acceptors (Lipinski definition) is 1. The van der Waals surface area contributed by atoms with Gasteiger partial charge < -0.3 is 10.6 Å². The van der Waals surface area contributed by atoms with Crippen molar-refractivity contribution in [1.29, 1.82) is 0 Å². The summed E-state index contributed by atoms with van der Waals surface area (Å²) in [6.45, 7) is 0. The Labute approximate surface area is 113 Å². The first kappa shape index (κ1) is 12.6. The monoisotopic (exact) mass is 256 g/mol. The maximum Gasteiger partial charge on any atom is 0.166 e. The van der Waals surface area contributed by atoms with E-state index in [1.807, 2.05) is 43.4 Å². The van der Waals surface area contributed by atoms with E-state index in [-0.39, 0.29) is 6.04 Å². The van der Waals surface area contributed by atoms with Gasteiger partial charge in [-0.2, -0.15) is 0 Å². The van der Waals surface area contributed by atoms with E-state index in [0.29, 0.717) is 5.11 Å². The van der Waals surface area contributed by atoms with Crippen molar-refractivity contribution in [3.8, 4) is 0 Å². The van der Waals surface area contributed by atoms with Crippen LogP contribution in [0.5, 0.6) is 0 Å². The fraction of sp³-hybridized carbons (Fsp3) is 0.133. The molecule has 18 heavy (non-hydrogen) atoms. The molecule has 0 heterocycles. The third-order valence-electron chi connectivity index (χ3n) is 2.77. The molecule has 2 aromatic carbocycles. The molecule has 0 saturated carbocycles. The molecule has 0 saturated heterocycles. The first-order chi connectivity index (χ1) is 8.81. The lowest BCUT2D eigenvalue weighted by Crippen LogP contribution is -2.36. The highest BCUT2D eigenvalue weighted by molar-refractivity contribution is 7.80. The zero-order chi connectivity index (χ0) is 12.8. The molecule has 0 bridgehead atoms. The van der Waals surface area contributed by atoms with Crippen molar-refractivity contribution in [3.05, 3.63) is 71.8 Å². The van der Waals surface area contributed by atoms with E-state index in [1.54, 1.807) is 0 Å². The lowest BCUT2D eigenvalue weighted by molar-refractivity contribution is 0.752. The van der Waals surface area contributed by atoms with Crippen LogP contribution in [0.15, 0.2) is 60.7 Å². The van der Waals surface area contributed by atoms with Crippen molar-refractivity contribution in [2.45, 2.75) is 6.04 Å². The normalized spacial score (nSPS) is 10.1. The van der Waals surface area contributed by atoms with Crippen molar-refractivity contribution >= 4 is 17.3 Å². The van der Waals surface area contributed by atoms with Crippen LogP contribution < -0.4 is 10.6 Å². The van der Waals surface area contributed by atoms with Gasteiger partial charge in [-0.1, -0.05) is 60.7 Å². The van der Waals surface area contributed by atoms with Crippen molar-refractivity contribution < 1.29 is 0 Å². The molecule has 0 aliphatic carbocycles. The van der Waals surface area contributed by atoms with Gasteiger partial charge in [-0.05, 0) is 23.3 Å². The second-order valence-corrected chi connectivity index (χ2v) is 4.39. The van der Waals surface area contributed by atoms with Crippen molar-refractivity contribution in [1.82, 2.24) is 10.6 Å². The summed E-state index contributed by atoms with van der Waals surface area (Å²) in [5, 5.41) is 6.92. The summed E-state index contributed by atoms with van der Waals surface area (Å²) >= 11 is 5.21. The Morgan fingerprint density at radius 2 is 1.33 bits per heavy atom. The van der Waals surface area contributed by atoms with Gasteiger partial charge in [-0.15, -0.1) is 0 Å². The van der Waals surface area contributed by atoms with Gasteiger partial charge in [0.15, 0.2) is 5.11 Å². The smallest absolute Gasteiger partial charge is 0.166 e. The van der Waals surface area contributed by atoms with E-state index in [2.05, 4.69) is 34.9 Å². The van der Waals surface area contributed by atoms with Crippen molar-refractivity contribution in [3.63, 3.8) is 0 Å². The SMILES string of the molecule is CNC(=S)NC(c1ccccc1)c1ccccc1. The Bertz CT molecular complexity index is 457. The van der Waals surface area contributed by atoms with Crippen LogP contribution in [-0.2, 0) is 0 Å². The van der Waals surface area contributed by atoms with E-state index in [9.17, 15) is 0 Å². The van der Waals surface area contributed by atoms with Crippen molar-refractivity contribution in [2.75, 3.05) is 7.05 Å². The Kier molecular flexibility index (Phi) is 4.31. The molecular weight excluding hydrogens is 240 g/mol. The van der Waals surface area contributed by atoms with Crippen molar-refractivity contribution in [2.24, 2.45) is 0 Å². The highest BCUT2D eigenvalue weighted by atomic mass is 32.1. The summed E-state index contributed by atoms with van der Waals surface area (Å²) in [6, 6.07) is 20.7. The molecule has 0 amide bonds. The van der Waals surface area contributed by atoms with Crippen LogP contribution in [0.2, 0.25) is 0 Å². The number of thiocarbonyl (C=S) groups is 1. The molecule has 3 heteroatoms. The molecule has 2 aromatic rings. The molecule has 0 spiro atoms. The summed E-state index contributed by atoms with van der Waals surface area (Å²) in [6.07, 6.45) is 0. The Hall–Kier alpha value is -1.87. The zero-order valence-corrected chi connectivity index (χ0v) is 11.1. The number of nitrogens with one attached hydrogen (secondary N) is 2. The molecular formula is C15H16N2S. The second-order valence-electron chi connectivity index (χ2n) is 3.98. The molecule has 0 aliphatic rings. The van der Waals surface area contributed by atoms with Crippen LogP contribution in [0.1, 0.15) is 17.2 Å². The molecule has 2 nitrogen and oxygen atoms in total. The predicted molar refractivity (Wildman–Crippen MR) is 79.5 cm³/mol. The third-order valence-corrected chi connectivity index (χ3v) is 3.09. The Balaban J connectivity index is 2.32. The maximum absolute atomic E-state index is 5.21. The molecule has 0 fully saturated rings. The third kappa shape index (κ3) is 3.08. The van der Waals surface area contributed by atoms with Gasteiger partial charge in [0.05, 0.1) is 6.04 Å². The number of hydrogen-bond donors (Lipinski definition) is 2. The van der Waals surface area contributed by atoms with Gasteiger partial charge in [0.25, 0.3) is 0 Å². The minimum Gasteiger partial charge on any atom is -0.366 e. The maximum atomic E-state index is 5.21. The molecule has 0 aliphatic heterocycles. The van der Waals surface area contributed by atoms with Crippen LogP contribution in [-0.4, -0.2) is 12.2 Å². The number of rotatable bonds is 3. The van der Waals surface area contributed by atoms with Crippen LogP contribution >= 0.6 is 12.2 Å². The van der Waals surface area contributed by atoms with Crippen LogP contribution in [0.25, 0.3) is 0 Å². The second kappa shape index (κ2) is 6.17. The van der Waals surface area contributed by atoms with Crippen LogP contribution in [0.3, 0.4) is 0 Å². The van der Waals surface area contributed by atoms with E-state index < -0.39 is 0 Å². The zero-order valence-electron chi connectivity index (χ0n) is 10.3. The lowest BCUT2D eigenvalue weighted by atomic mass is 9.99. The first-order valence-corrected chi connectivity index (χ1v) is 6.30. The standard InChI is InChI=1S/C15H16N2S/c1-16-15(18)17-14(12-8-4-2-5-9-12)13-10-6-3-7-11-13/h2-11,14H,1H3,(H2,16,17,18). The largest absolute Gasteiger partial charge is 0.366 e.